The first kappa shape index (κ1) is 15.7. The van der Waals surface area contributed by atoms with E-state index in [1.54, 1.807) is 0 Å². The molecular formula is C14H26N4O. The highest BCUT2D eigenvalue weighted by Crippen LogP contribution is 2.21. The van der Waals surface area contributed by atoms with Crippen molar-refractivity contribution in [3.8, 4) is 0 Å². The fourth-order valence-electron chi connectivity index (χ4n) is 2.01. The van der Waals surface area contributed by atoms with Crippen LogP contribution in [0.1, 0.15) is 44.5 Å². The Hall–Kier alpha value is -1.36. The van der Waals surface area contributed by atoms with E-state index < -0.39 is 0 Å². The maximum absolute atomic E-state index is 9.07. The van der Waals surface area contributed by atoms with Crippen molar-refractivity contribution in [1.82, 2.24) is 9.97 Å². The molecule has 0 fully saturated rings. The molecule has 1 unspecified atom stereocenters. The van der Waals surface area contributed by atoms with E-state index in [1.807, 2.05) is 14.0 Å². The molecule has 5 heteroatoms. The number of hydrogen-bond donors (Lipinski definition) is 3. The fourth-order valence-corrected chi connectivity index (χ4v) is 2.01. The van der Waals surface area contributed by atoms with E-state index in [0.29, 0.717) is 0 Å². The van der Waals surface area contributed by atoms with Crippen molar-refractivity contribution >= 4 is 11.6 Å². The quantitative estimate of drug-likeness (QED) is 0.674. The van der Waals surface area contributed by atoms with Crippen LogP contribution in [0.5, 0.6) is 0 Å². The van der Waals surface area contributed by atoms with E-state index >= 15 is 0 Å². The first-order valence-electron chi connectivity index (χ1n) is 7.08. The first-order chi connectivity index (χ1) is 9.15. The minimum absolute atomic E-state index is 0.191. The summed E-state index contributed by atoms with van der Waals surface area (Å²) in [6.45, 7) is 6.43. The van der Waals surface area contributed by atoms with E-state index in [2.05, 4.69) is 34.4 Å². The Balaban J connectivity index is 2.99. The zero-order valence-corrected chi connectivity index (χ0v) is 12.5. The van der Waals surface area contributed by atoms with Gasteiger partial charge in [-0.3, -0.25) is 0 Å². The summed E-state index contributed by atoms with van der Waals surface area (Å²) in [5.74, 6) is 2.61. The number of anilines is 2. The number of aromatic nitrogens is 2. The van der Waals surface area contributed by atoms with Crippen molar-refractivity contribution in [3.63, 3.8) is 0 Å². The van der Waals surface area contributed by atoms with Gasteiger partial charge >= 0.3 is 0 Å². The van der Waals surface area contributed by atoms with Crippen LogP contribution in [0.25, 0.3) is 0 Å². The molecule has 0 spiro atoms. The number of rotatable bonds is 8. The summed E-state index contributed by atoms with van der Waals surface area (Å²) in [5.41, 5.74) is 1.03. The number of aryl methyl sites for hydroxylation is 1. The van der Waals surface area contributed by atoms with Crippen molar-refractivity contribution in [2.45, 2.75) is 52.5 Å². The van der Waals surface area contributed by atoms with Crippen LogP contribution in [0.2, 0.25) is 0 Å². The number of hydrogen-bond acceptors (Lipinski definition) is 5. The summed E-state index contributed by atoms with van der Waals surface area (Å²) in [6, 6.07) is 0.248. The zero-order chi connectivity index (χ0) is 14.3. The van der Waals surface area contributed by atoms with Gasteiger partial charge in [-0.2, -0.15) is 0 Å². The maximum atomic E-state index is 9.07. The maximum Gasteiger partial charge on any atom is 0.134 e. The van der Waals surface area contributed by atoms with Gasteiger partial charge in [0.2, 0.25) is 0 Å². The van der Waals surface area contributed by atoms with Gasteiger partial charge in [0, 0.05) is 31.7 Å². The highest BCUT2D eigenvalue weighted by Gasteiger charge is 2.13. The SMILES string of the molecule is CCCc1nc(NC)c(C)c(NC(CC)CCO)n1. The van der Waals surface area contributed by atoms with E-state index in [-0.39, 0.29) is 12.6 Å². The van der Waals surface area contributed by atoms with Crippen LogP contribution in [-0.4, -0.2) is 34.8 Å². The minimum Gasteiger partial charge on any atom is -0.396 e. The average Bonchev–Trinajstić information content (AvgIpc) is 2.41. The van der Waals surface area contributed by atoms with Crippen LogP contribution in [0.4, 0.5) is 11.6 Å². The average molecular weight is 266 g/mol. The predicted octanol–water partition coefficient (Wildman–Crippen LogP) is 2.35. The molecule has 0 radical (unpaired) electrons. The summed E-state index contributed by atoms with van der Waals surface area (Å²) < 4.78 is 0. The number of aliphatic hydroxyl groups is 1. The summed E-state index contributed by atoms with van der Waals surface area (Å²) in [5, 5.41) is 15.6. The van der Waals surface area contributed by atoms with Gasteiger partial charge in [0.05, 0.1) is 0 Å². The molecule has 1 aromatic heterocycles. The van der Waals surface area contributed by atoms with Crippen molar-refractivity contribution in [2.24, 2.45) is 0 Å². The van der Waals surface area contributed by atoms with Gasteiger partial charge in [-0.15, -0.1) is 0 Å². The molecule has 3 N–H and O–H groups in total. The largest absolute Gasteiger partial charge is 0.396 e. The second-order valence-electron chi connectivity index (χ2n) is 4.72. The third kappa shape index (κ3) is 4.35. The summed E-state index contributed by atoms with van der Waals surface area (Å²) >= 11 is 0. The van der Waals surface area contributed by atoms with Gasteiger partial charge in [0.1, 0.15) is 17.5 Å². The topological polar surface area (TPSA) is 70.1 Å². The molecule has 108 valence electrons. The molecular weight excluding hydrogens is 240 g/mol. The number of nitrogens with zero attached hydrogens (tertiary/aromatic N) is 2. The molecule has 0 amide bonds. The van der Waals surface area contributed by atoms with Gasteiger partial charge in [-0.05, 0) is 26.2 Å². The van der Waals surface area contributed by atoms with Crippen molar-refractivity contribution in [1.29, 1.82) is 0 Å². The van der Waals surface area contributed by atoms with Crippen LogP contribution in [0.3, 0.4) is 0 Å². The van der Waals surface area contributed by atoms with Gasteiger partial charge < -0.3 is 15.7 Å². The molecule has 0 aliphatic rings. The van der Waals surface area contributed by atoms with Gasteiger partial charge in [-0.1, -0.05) is 13.8 Å². The molecule has 0 bridgehead atoms. The van der Waals surface area contributed by atoms with Crippen LogP contribution >= 0.6 is 0 Å². The first-order valence-corrected chi connectivity index (χ1v) is 7.08. The van der Waals surface area contributed by atoms with E-state index in [4.69, 9.17) is 5.11 Å². The van der Waals surface area contributed by atoms with Gasteiger partial charge in [0.25, 0.3) is 0 Å². The minimum atomic E-state index is 0.191. The summed E-state index contributed by atoms with van der Waals surface area (Å²) in [4.78, 5) is 9.11. The molecule has 0 aliphatic carbocycles. The molecule has 1 heterocycles. The lowest BCUT2D eigenvalue weighted by molar-refractivity contribution is 0.278. The van der Waals surface area contributed by atoms with E-state index in [9.17, 15) is 0 Å². The van der Waals surface area contributed by atoms with Crippen LogP contribution in [0, 0.1) is 6.92 Å². The highest BCUT2D eigenvalue weighted by molar-refractivity contribution is 5.57. The normalized spacial score (nSPS) is 12.3. The second-order valence-corrected chi connectivity index (χ2v) is 4.72. The van der Waals surface area contributed by atoms with E-state index in [0.717, 1.165) is 48.7 Å². The Kier molecular flexibility index (Phi) is 6.56. The monoisotopic (exact) mass is 266 g/mol. The third-order valence-electron chi connectivity index (χ3n) is 3.21. The Morgan fingerprint density at radius 2 is 1.89 bits per heavy atom. The molecule has 0 aliphatic heterocycles. The number of aliphatic hydroxyl groups excluding tert-OH is 1. The van der Waals surface area contributed by atoms with Gasteiger partial charge in [0.15, 0.2) is 0 Å². The molecule has 0 aromatic carbocycles. The Morgan fingerprint density at radius 1 is 1.21 bits per heavy atom. The Labute approximate surface area is 115 Å². The smallest absolute Gasteiger partial charge is 0.134 e. The molecule has 19 heavy (non-hydrogen) atoms. The lowest BCUT2D eigenvalue weighted by Gasteiger charge is -2.19. The molecule has 1 aromatic rings. The number of nitrogens with one attached hydrogen (secondary N) is 2. The molecule has 0 saturated carbocycles. The van der Waals surface area contributed by atoms with Crippen LogP contribution in [-0.2, 0) is 6.42 Å². The van der Waals surface area contributed by atoms with Crippen molar-refractivity contribution in [3.05, 3.63) is 11.4 Å². The predicted molar refractivity (Wildman–Crippen MR) is 79.7 cm³/mol. The Morgan fingerprint density at radius 3 is 2.42 bits per heavy atom. The van der Waals surface area contributed by atoms with Crippen molar-refractivity contribution < 1.29 is 5.11 Å². The summed E-state index contributed by atoms with van der Waals surface area (Å²) in [7, 11) is 1.87. The molecule has 1 rings (SSSR count). The zero-order valence-electron chi connectivity index (χ0n) is 12.5. The van der Waals surface area contributed by atoms with E-state index in [1.165, 1.54) is 0 Å². The lowest BCUT2D eigenvalue weighted by Crippen LogP contribution is -2.22. The summed E-state index contributed by atoms with van der Waals surface area (Å²) in [6.07, 6.45) is 3.60. The molecule has 0 saturated heterocycles. The molecule has 5 nitrogen and oxygen atoms in total. The third-order valence-corrected chi connectivity index (χ3v) is 3.21. The standard InChI is InChI=1S/C14H26N4O/c1-5-7-12-17-13(15-4)10(3)14(18-12)16-11(6-2)8-9-19/h11,19H,5-9H2,1-4H3,(H2,15,16,17,18). The van der Waals surface area contributed by atoms with Crippen LogP contribution < -0.4 is 10.6 Å². The highest BCUT2D eigenvalue weighted by atomic mass is 16.3. The molecule has 1 atom stereocenters. The second kappa shape index (κ2) is 7.94. The Bertz CT molecular complexity index is 395. The van der Waals surface area contributed by atoms with Crippen molar-refractivity contribution in [2.75, 3.05) is 24.3 Å². The lowest BCUT2D eigenvalue weighted by atomic mass is 10.1. The van der Waals surface area contributed by atoms with Crippen LogP contribution in [0.15, 0.2) is 0 Å². The fraction of sp³-hybridized carbons (Fsp3) is 0.714. The van der Waals surface area contributed by atoms with Gasteiger partial charge in [-0.25, -0.2) is 9.97 Å².